The van der Waals surface area contributed by atoms with Crippen LogP contribution in [0.5, 0.6) is 0 Å². The molecule has 0 radical (unpaired) electrons. The number of rotatable bonds is 7. The average Bonchev–Trinajstić information content (AvgIpc) is 2.52. The number of piperidine rings is 1. The predicted octanol–water partition coefficient (Wildman–Crippen LogP) is 2.38. The largest absolute Gasteiger partial charge is 0.307 e. The lowest BCUT2D eigenvalue weighted by Gasteiger charge is -2.34. The molecule has 2 rings (SSSR count). The van der Waals surface area contributed by atoms with Crippen LogP contribution in [0.25, 0.3) is 0 Å². The van der Waals surface area contributed by atoms with E-state index in [9.17, 15) is 12.8 Å². The van der Waals surface area contributed by atoms with E-state index in [2.05, 4.69) is 17.1 Å². The van der Waals surface area contributed by atoms with Crippen molar-refractivity contribution in [3.8, 4) is 0 Å². The molecule has 0 aromatic heterocycles. The second-order valence-electron chi connectivity index (χ2n) is 6.42. The number of sulfone groups is 1. The molecule has 0 amide bonds. The SMILES string of the molecule is CCC(NC1CCN(CCS(C)(=O)=O)CC1)c1ccc(F)cc1. The van der Waals surface area contributed by atoms with Gasteiger partial charge in [0.15, 0.2) is 0 Å². The van der Waals surface area contributed by atoms with E-state index in [4.69, 9.17) is 0 Å². The van der Waals surface area contributed by atoms with E-state index < -0.39 is 9.84 Å². The molecule has 130 valence electrons. The molecule has 1 aliphatic rings. The third-order valence-corrected chi connectivity index (χ3v) is 5.41. The minimum absolute atomic E-state index is 0.206. The maximum atomic E-state index is 13.0. The van der Waals surface area contributed by atoms with Crippen LogP contribution < -0.4 is 5.32 Å². The molecule has 23 heavy (non-hydrogen) atoms. The van der Waals surface area contributed by atoms with Gasteiger partial charge in [-0.15, -0.1) is 0 Å². The lowest BCUT2D eigenvalue weighted by molar-refractivity contribution is 0.198. The van der Waals surface area contributed by atoms with E-state index in [1.807, 2.05) is 12.1 Å². The van der Waals surface area contributed by atoms with Crippen molar-refractivity contribution >= 4 is 9.84 Å². The first-order valence-corrected chi connectivity index (χ1v) is 10.3. The van der Waals surface area contributed by atoms with E-state index in [-0.39, 0.29) is 17.6 Å². The van der Waals surface area contributed by atoms with E-state index in [0.717, 1.165) is 37.9 Å². The highest BCUT2D eigenvalue weighted by Crippen LogP contribution is 2.20. The van der Waals surface area contributed by atoms with Crippen molar-refractivity contribution in [3.05, 3.63) is 35.6 Å². The highest BCUT2D eigenvalue weighted by atomic mass is 32.2. The summed E-state index contributed by atoms with van der Waals surface area (Å²) < 4.78 is 35.5. The second kappa shape index (κ2) is 8.22. The third kappa shape index (κ3) is 6.20. The van der Waals surface area contributed by atoms with Crippen molar-refractivity contribution in [2.45, 2.75) is 38.3 Å². The summed E-state index contributed by atoms with van der Waals surface area (Å²) in [7, 11) is -2.89. The standard InChI is InChI=1S/C17H27FN2O2S/c1-3-17(14-4-6-15(18)7-5-14)19-16-8-10-20(11-9-16)12-13-23(2,21)22/h4-7,16-17,19H,3,8-13H2,1-2H3. The first-order valence-electron chi connectivity index (χ1n) is 8.29. The summed E-state index contributed by atoms with van der Waals surface area (Å²) in [5.74, 6) is 0.0286. The molecule has 1 aromatic carbocycles. The van der Waals surface area contributed by atoms with Crippen molar-refractivity contribution in [2.75, 3.05) is 31.6 Å². The van der Waals surface area contributed by atoms with Crippen molar-refractivity contribution in [1.82, 2.24) is 10.2 Å². The maximum absolute atomic E-state index is 13.0. The summed E-state index contributed by atoms with van der Waals surface area (Å²) in [6.07, 6.45) is 4.28. The number of nitrogens with zero attached hydrogens (tertiary/aromatic N) is 1. The normalized spacial score (nSPS) is 18.9. The van der Waals surface area contributed by atoms with E-state index in [1.165, 1.54) is 18.4 Å². The Kier molecular flexibility index (Phi) is 6.56. The van der Waals surface area contributed by atoms with Gasteiger partial charge in [-0.3, -0.25) is 0 Å². The minimum atomic E-state index is -2.89. The van der Waals surface area contributed by atoms with Crippen molar-refractivity contribution in [2.24, 2.45) is 0 Å². The Balaban J connectivity index is 1.81. The van der Waals surface area contributed by atoms with Crippen molar-refractivity contribution < 1.29 is 12.8 Å². The summed E-state index contributed by atoms with van der Waals surface area (Å²) in [4.78, 5) is 2.22. The molecule has 1 saturated heterocycles. The molecule has 0 aliphatic carbocycles. The molecule has 1 aliphatic heterocycles. The van der Waals surface area contributed by atoms with Crippen LogP contribution in [0.4, 0.5) is 4.39 Å². The smallest absolute Gasteiger partial charge is 0.148 e. The highest BCUT2D eigenvalue weighted by Gasteiger charge is 2.22. The lowest BCUT2D eigenvalue weighted by Crippen LogP contribution is -2.44. The molecule has 0 bridgehead atoms. The molecule has 6 heteroatoms. The zero-order valence-electron chi connectivity index (χ0n) is 14.0. The quantitative estimate of drug-likeness (QED) is 0.826. The Bertz CT molecular complexity index is 581. The number of likely N-dealkylation sites (tertiary alicyclic amines) is 1. The van der Waals surface area contributed by atoms with Gasteiger partial charge < -0.3 is 10.2 Å². The molecular formula is C17H27FN2O2S. The molecule has 1 N–H and O–H groups in total. The summed E-state index contributed by atoms with van der Waals surface area (Å²) >= 11 is 0. The summed E-state index contributed by atoms with van der Waals surface area (Å²) in [5, 5.41) is 3.67. The van der Waals surface area contributed by atoms with Crippen LogP contribution in [-0.2, 0) is 9.84 Å². The van der Waals surface area contributed by atoms with Crippen LogP contribution in [-0.4, -0.2) is 51.0 Å². The van der Waals surface area contributed by atoms with Gasteiger partial charge in [0, 0.05) is 24.9 Å². The Morgan fingerprint density at radius 2 is 1.87 bits per heavy atom. The third-order valence-electron chi connectivity index (χ3n) is 4.48. The summed E-state index contributed by atoms with van der Waals surface area (Å²) in [6.45, 7) is 4.60. The van der Waals surface area contributed by atoms with E-state index in [1.54, 1.807) is 0 Å². The van der Waals surface area contributed by atoms with Crippen molar-refractivity contribution in [3.63, 3.8) is 0 Å². The molecule has 1 atom stereocenters. The van der Waals surface area contributed by atoms with Gasteiger partial charge in [0.2, 0.25) is 0 Å². The fraction of sp³-hybridized carbons (Fsp3) is 0.647. The summed E-state index contributed by atoms with van der Waals surface area (Å²) in [6, 6.07) is 7.37. The number of nitrogens with one attached hydrogen (secondary N) is 1. The van der Waals surface area contributed by atoms with Gasteiger partial charge >= 0.3 is 0 Å². The molecule has 0 saturated carbocycles. The van der Waals surface area contributed by atoms with Crippen LogP contribution >= 0.6 is 0 Å². The minimum Gasteiger partial charge on any atom is -0.307 e. The van der Waals surface area contributed by atoms with Gasteiger partial charge in [-0.2, -0.15) is 0 Å². The zero-order valence-corrected chi connectivity index (χ0v) is 14.8. The molecule has 0 spiro atoms. The van der Waals surface area contributed by atoms with Crippen molar-refractivity contribution in [1.29, 1.82) is 0 Å². The number of benzene rings is 1. The number of hydrogen-bond acceptors (Lipinski definition) is 4. The molecule has 1 aromatic rings. The van der Waals surface area contributed by atoms with Gasteiger partial charge in [0.05, 0.1) is 5.75 Å². The highest BCUT2D eigenvalue weighted by molar-refractivity contribution is 7.90. The van der Waals surface area contributed by atoms with E-state index in [0.29, 0.717) is 12.6 Å². The Labute approximate surface area is 139 Å². The Hall–Kier alpha value is -0.980. The van der Waals surface area contributed by atoms with Crippen LogP contribution in [0.1, 0.15) is 37.8 Å². The van der Waals surface area contributed by atoms with E-state index >= 15 is 0 Å². The number of hydrogen-bond donors (Lipinski definition) is 1. The van der Waals surface area contributed by atoms with Crippen LogP contribution in [0.15, 0.2) is 24.3 Å². The van der Waals surface area contributed by atoms with Gasteiger partial charge in [0.25, 0.3) is 0 Å². The molecular weight excluding hydrogens is 315 g/mol. The number of halogens is 1. The van der Waals surface area contributed by atoms with Crippen LogP contribution in [0.3, 0.4) is 0 Å². The first-order chi connectivity index (χ1) is 10.9. The molecule has 4 nitrogen and oxygen atoms in total. The molecule has 1 heterocycles. The Morgan fingerprint density at radius 3 is 2.39 bits per heavy atom. The zero-order chi connectivity index (χ0) is 16.9. The van der Waals surface area contributed by atoms with Crippen LogP contribution in [0, 0.1) is 5.82 Å². The van der Waals surface area contributed by atoms with Gasteiger partial charge in [-0.25, -0.2) is 12.8 Å². The molecule has 1 fully saturated rings. The predicted molar refractivity (Wildman–Crippen MR) is 91.7 cm³/mol. The topological polar surface area (TPSA) is 49.4 Å². The van der Waals surface area contributed by atoms with Crippen LogP contribution in [0.2, 0.25) is 0 Å². The van der Waals surface area contributed by atoms with Gasteiger partial charge in [-0.1, -0.05) is 19.1 Å². The Morgan fingerprint density at radius 1 is 1.26 bits per heavy atom. The summed E-state index contributed by atoms with van der Waals surface area (Å²) in [5.41, 5.74) is 1.12. The second-order valence-corrected chi connectivity index (χ2v) is 8.68. The fourth-order valence-electron chi connectivity index (χ4n) is 3.05. The molecule has 1 unspecified atom stereocenters. The first kappa shape index (κ1) is 18.4. The monoisotopic (exact) mass is 342 g/mol. The average molecular weight is 342 g/mol. The van der Waals surface area contributed by atoms with Gasteiger partial charge in [0.1, 0.15) is 15.7 Å². The fourth-order valence-corrected chi connectivity index (χ4v) is 3.64. The lowest BCUT2D eigenvalue weighted by atomic mass is 9.99. The maximum Gasteiger partial charge on any atom is 0.148 e. The van der Waals surface area contributed by atoms with Gasteiger partial charge in [-0.05, 0) is 50.0 Å².